The van der Waals surface area contributed by atoms with E-state index in [9.17, 15) is 9.18 Å². The molecule has 2 aliphatic rings. The Balaban J connectivity index is 1.17. The van der Waals surface area contributed by atoms with Gasteiger partial charge in [0.05, 0.1) is 16.8 Å². The summed E-state index contributed by atoms with van der Waals surface area (Å²) in [6.07, 6.45) is 7.50. The number of pyridine rings is 2. The Morgan fingerprint density at radius 1 is 1.05 bits per heavy atom. The maximum Gasteiger partial charge on any atom is 0.237 e. The number of rotatable bonds is 8. The number of aromatic nitrogens is 2. The predicted molar refractivity (Wildman–Crippen MR) is 150 cm³/mol. The third-order valence-corrected chi connectivity index (χ3v) is 7.79. The van der Waals surface area contributed by atoms with Crippen molar-refractivity contribution in [3.05, 3.63) is 71.1 Å². The molecule has 2 fully saturated rings. The lowest BCUT2D eigenvalue weighted by molar-refractivity contribution is -0.126. The van der Waals surface area contributed by atoms with E-state index in [1.54, 1.807) is 12.3 Å². The fourth-order valence-corrected chi connectivity index (χ4v) is 5.57. The standard InChI is InChI=1S/C29H34ClFN6O/c1-37-14-4-8-26(37)29(38)35-22-12-10-21(11-13-22)34-28-16-23(24(30)18-33-28)25-7-3-9-27(36-25)32-17-19-5-2-6-20(31)15-19/h2-3,5-7,9,15-16,18,21-22,26H,4,8,10-14,17H2,1H3,(H,32,36)(H,33,34)(H,35,38)/t21?,22?,26-/m0/s1. The number of carbonyl (C=O) groups excluding carboxylic acids is 1. The van der Waals surface area contributed by atoms with E-state index < -0.39 is 0 Å². The molecule has 5 rings (SSSR count). The van der Waals surface area contributed by atoms with Crippen LogP contribution in [0.3, 0.4) is 0 Å². The minimum atomic E-state index is -0.259. The number of anilines is 2. The van der Waals surface area contributed by atoms with Gasteiger partial charge in [-0.15, -0.1) is 0 Å². The van der Waals surface area contributed by atoms with Gasteiger partial charge in [-0.05, 0) is 88.0 Å². The van der Waals surface area contributed by atoms with Crippen LogP contribution in [0.2, 0.25) is 5.02 Å². The molecule has 0 radical (unpaired) electrons. The highest BCUT2D eigenvalue weighted by atomic mass is 35.5. The molecule has 9 heteroatoms. The summed E-state index contributed by atoms with van der Waals surface area (Å²) in [5, 5.41) is 10.6. The first kappa shape index (κ1) is 26.4. The van der Waals surface area contributed by atoms with Crippen LogP contribution in [0.25, 0.3) is 11.3 Å². The molecule has 7 nitrogen and oxygen atoms in total. The maximum absolute atomic E-state index is 13.5. The largest absolute Gasteiger partial charge is 0.367 e. The number of carbonyl (C=O) groups is 1. The normalized spacial score (nSPS) is 21.7. The van der Waals surface area contributed by atoms with Crippen LogP contribution in [0.15, 0.2) is 54.7 Å². The maximum atomic E-state index is 13.5. The number of likely N-dealkylation sites (N-methyl/N-ethyl adjacent to an activating group) is 1. The van der Waals surface area contributed by atoms with E-state index in [-0.39, 0.29) is 29.8 Å². The summed E-state index contributed by atoms with van der Waals surface area (Å²) in [6, 6.07) is 14.7. The molecule has 1 saturated carbocycles. The summed E-state index contributed by atoms with van der Waals surface area (Å²) in [7, 11) is 2.03. The summed E-state index contributed by atoms with van der Waals surface area (Å²) in [4.78, 5) is 24.0. The van der Waals surface area contributed by atoms with Crippen LogP contribution >= 0.6 is 11.6 Å². The molecule has 1 aliphatic heterocycles. The third-order valence-electron chi connectivity index (χ3n) is 7.49. The number of nitrogens with zero attached hydrogens (tertiary/aromatic N) is 3. The molecule has 0 unspecified atom stereocenters. The summed E-state index contributed by atoms with van der Waals surface area (Å²) in [5.41, 5.74) is 2.36. The Bertz CT molecular complexity index is 1270. The molecule has 0 bridgehead atoms. The molecule has 1 aromatic carbocycles. The molecule has 2 aromatic heterocycles. The minimum Gasteiger partial charge on any atom is -0.367 e. The molecule has 0 spiro atoms. The van der Waals surface area contributed by atoms with Crippen LogP contribution in [0, 0.1) is 5.82 Å². The molecular weight excluding hydrogens is 503 g/mol. The molecule has 3 aromatic rings. The molecule has 3 heterocycles. The smallest absolute Gasteiger partial charge is 0.237 e. The van der Waals surface area contributed by atoms with E-state index in [4.69, 9.17) is 16.6 Å². The minimum absolute atomic E-state index is 0.0196. The highest BCUT2D eigenvalue weighted by Crippen LogP contribution is 2.30. The molecule has 1 saturated heterocycles. The Labute approximate surface area is 228 Å². The highest BCUT2D eigenvalue weighted by molar-refractivity contribution is 6.33. The molecular formula is C29H34ClFN6O. The van der Waals surface area contributed by atoms with Gasteiger partial charge in [0.15, 0.2) is 0 Å². The topological polar surface area (TPSA) is 82.2 Å². The average molecular weight is 537 g/mol. The first-order valence-electron chi connectivity index (χ1n) is 13.3. The van der Waals surface area contributed by atoms with Gasteiger partial charge in [0.2, 0.25) is 5.91 Å². The number of hydrogen-bond donors (Lipinski definition) is 3. The summed E-state index contributed by atoms with van der Waals surface area (Å²) < 4.78 is 13.5. The quantitative estimate of drug-likeness (QED) is 0.353. The monoisotopic (exact) mass is 536 g/mol. The number of likely N-dealkylation sites (tertiary alicyclic amines) is 1. The lowest BCUT2D eigenvalue weighted by Crippen LogP contribution is -2.47. The van der Waals surface area contributed by atoms with Crippen LogP contribution < -0.4 is 16.0 Å². The van der Waals surface area contributed by atoms with Gasteiger partial charge in [-0.1, -0.05) is 29.8 Å². The van der Waals surface area contributed by atoms with Crippen LogP contribution in [-0.4, -0.2) is 52.5 Å². The summed E-state index contributed by atoms with van der Waals surface area (Å²) in [5.74, 6) is 1.35. The van der Waals surface area contributed by atoms with Crippen molar-refractivity contribution in [2.75, 3.05) is 24.2 Å². The number of benzene rings is 1. The van der Waals surface area contributed by atoms with Gasteiger partial charge in [0.25, 0.3) is 0 Å². The first-order chi connectivity index (χ1) is 18.4. The van der Waals surface area contributed by atoms with Crippen LogP contribution in [0.5, 0.6) is 0 Å². The first-order valence-corrected chi connectivity index (χ1v) is 13.7. The van der Waals surface area contributed by atoms with Crippen molar-refractivity contribution in [1.82, 2.24) is 20.2 Å². The fourth-order valence-electron chi connectivity index (χ4n) is 5.37. The second kappa shape index (κ2) is 12.1. The predicted octanol–water partition coefficient (Wildman–Crippen LogP) is 5.48. The number of amides is 1. The van der Waals surface area contributed by atoms with Gasteiger partial charge in [0.1, 0.15) is 17.5 Å². The van der Waals surface area contributed by atoms with Crippen LogP contribution in [0.4, 0.5) is 16.0 Å². The Kier molecular flexibility index (Phi) is 8.39. The van der Waals surface area contributed by atoms with Gasteiger partial charge in [0, 0.05) is 30.4 Å². The number of nitrogens with one attached hydrogen (secondary N) is 3. The zero-order chi connectivity index (χ0) is 26.5. The van der Waals surface area contributed by atoms with E-state index in [1.165, 1.54) is 12.1 Å². The van der Waals surface area contributed by atoms with E-state index in [0.29, 0.717) is 17.4 Å². The van der Waals surface area contributed by atoms with Gasteiger partial charge in [-0.3, -0.25) is 9.69 Å². The Morgan fingerprint density at radius 2 is 1.84 bits per heavy atom. The third kappa shape index (κ3) is 6.60. The van der Waals surface area contributed by atoms with E-state index >= 15 is 0 Å². The number of halogens is 2. The fraction of sp³-hybridized carbons (Fsp3) is 0.414. The van der Waals surface area contributed by atoms with Crippen LogP contribution in [0.1, 0.15) is 44.1 Å². The Hall–Kier alpha value is -3.23. The Morgan fingerprint density at radius 3 is 2.61 bits per heavy atom. The molecule has 38 heavy (non-hydrogen) atoms. The van der Waals surface area contributed by atoms with Gasteiger partial charge >= 0.3 is 0 Å². The van der Waals surface area contributed by atoms with Crippen molar-refractivity contribution in [3.8, 4) is 11.3 Å². The lowest BCUT2D eigenvalue weighted by atomic mass is 9.91. The van der Waals surface area contributed by atoms with E-state index in [1.807, 2.05) is 37.4 Å². The summed E-state index contributed by atoms with van der Waals surface area (Å²) >= 11 is 6.51. The molecule has 1 amide bonds. The van der Waals surface area contributed by atoms with Crippen molar-refractivity contribution in [1.29, 1.82) is 0 Å². The molecule has 1 aliphatic carbocycles. The van der Waals surface area contributed by atoms with Crippen LogP contribution in [-0.2, 0) is 11.3 Å². The summed E-state index contributed by atoms with van der Waals surface area (Å²) in [6.45, 7) is 1.46. The van der Waals surface area contributed by atoms with Crippen molar-refractivity contribution in [3.63, 3.8) is 0 Å². The molecule has 3 N–H and O–H groups in total. The van der Waals surface area contributed by atoms with Crippen molar-refractivity contribution in [2.45, 2.75) is 63.2 Å². The van der Waals surface area contributed by atoms with E-state index in [2.05, 4.69) is 25.8 Å². The molecule has 200 valence electrons. The lowest BCUT2D eigenvalue weighted by Gasteiger charge is -2.31. The van der Waals surface area contributed by atoms with Gasteiger partial charge < -0.3 is 16.0 Å². The number of hydrogen-bond acceptors (Lipinski definition) is 6. The zero-order valence-electron chi connectivity index (χ0n) is 21.6. The van der Waals surface area contributed by atoms with E-state index in [0.717, 1.165) is 67.7 Å². The van der Waals surface area contributed by atoms with Crippen molar-refractivity contribution in [2.24, 2.45) is 0 Å². The average Bonchev–Trinajstić information content (AvgIpc) is 3.36. The van der Waals surface area contributed by atoms with Gasteiger partial charge in [-0.2, -0.15) is 0 Å². The second-order valence-corrected chi connectivity index (χ2v) is 10.7. The van der Waals surface area contributed by atoms with Crippen molar-refractivity contribution < 1.29 is 9.18 Å². The van der Waals surface area contributed by atoms with Crippen molar-refractivity contribution >= 4 is 29.1 Å². The SMILES string of the molecule is CN1CCC[C@H]1C(=O)NC1CCC(Nc2cc(-c3cccc(NCc4cccc(F)c4)n3)c(Cl)cn2)CC1. The molecule has 1 atom stereocenters. The highest BCUT2D eigenvalue weighted by Gasteiger charge is 2.30. The second-order valence-electron chi connectivity index (χ2n) is 10.3. The van der Waals surface area contributed by atoms with Gasteiger partial charge in [-0.25, -0.2) is 14.4 Å². The zero-order valence-corrected chi connectivity index (χ0v) is 22.3.